The lowest BCUT2D eigenvalue weighted by Crippen LogP contribution is -2.38. The Morgan fingerprint density at radius 3 is 2.65 bits per heavy atom. The molecule has 110 valence electrons. The van der Waals surface area contributed by atoms with Gasteiger partial charge in [-0.05, 0) is 0 Å². The molecule has 1 aromatic heterocycles. The molecule has 1 aliphatic heterocycles. The number of likely N-dealkylation sites (tertiary alicyclic amines) is 1. The molecule has 1 saturated heterocycles. The lowest BCUT2D eigenvalue weighted by Gasteiger charge is -2.22. The second kappa shape index (κ2) is 5.94. The zero-order valence-electron chi connectivity index (χ0n) is 12.4. The van der Waals surface area contributed by atoms with E-state index >= 15 is 0 Å². The summed E-state index contributed by atoms with van der Waals surface area (Å²) in [4.78, 5) is 25.6. The van der Waals surface area contributed by atoms with Gasteiger partial charge in [0.05, 0.1) is 6.54 Å². The zero-order valence-corrected chi connectivity index (χ0v) is 12.4. The summed E-state index contributed by atoms with van der Waals surface area (Å²) in [6, 6.07) is 0.0167. The summed E-state index contributed by atoms with van der Waals surface area (Å²) in [5, 5.41) is 0. The van der Waals surface area contributed by atoms with Crippen molar-refractivity contribution >= 4 is 11.8 Å². The highest BCUT2D eigenvalue weighted by atomic mass is 16.5. The topological polar surface area (TPSA) is 61.8 Å². The van der Waals surface area contributed by atoms with Crippen molar-refractivity contribution in [3.63, 3.8) is 0 Å². The van der Waals surface area contributed by atoms with Crippen LogP contribution in [0.4, 0.5) is 10.6 Å². The van der Waals surface area contributed by atoms with Crippen LogP contribution in [0.25, 0.3) is 0 Å². The van der Waals surface area contributed by atoms with Crippen LogP contribution in [0.15, 0.2) is 12.4 Å². The van der Waals surface area contributed by atoms with Gasteiger partial charge in [0.15, 0.2) is 5.82 Å². The van der Waals surface area contributed by atoms with Crippen molar-refractivity contribution in [1.29, 1.82) is 0 Å². The van der Waals surface area contributed by atoms with Crippen molar-refractivity contribution < 1.29 is 9.53 Å². The fourth-order valence-corrected chi connectivity index (χ4v) is 2.15. The molecule has 0 bridgehead atoms. The van der Waals surface area contributed by atoms with Crippen LogP contribution in [-0.2, 0) is 0 Å². The van der Waals surface area contributed by atoms with E-state index < -0.39 is 0 Å². The van der Waals surface area contributed by atoms with Gasteiger partial charge in [-0.15, -0.1) is 0 Å². The van der Waals surface area contributed by atoms with Crippen LogP contribution in [0.2, 0.25) is 0 Å². The molecule has 7 nitrogen and oxygen atoms in total. The van der Waals surface area contributed by atoms with Crippen LogP contribution in [0.5, 0.6) is 5.88 Å². The Kier molecular flexibility index (Phi) is 4.26. The fourth-order valence-electron chi connectivity index (χ4n) is 2.15. The van der Waals surface area contributed by atoms with Gasteiger partial charge in [-0.2, -0.15) is 0 Å². The summed E-state index contributed by atoms with van der Waals surface area (Å²) in [7, 11) is 7.30. The molecule has 2 rings (SSSR count). The molecule has 0 radical (unpaired) electrons. The molecule has 20 heavy (non-hydrogen) atoms. The number of hydrogen-bond acceptors (Lipinski definition) is 5. The highest BCUT2D eigenvalue weighted by molar-refractivity contribution is 5.74. The summed E-state index contributed by atoms with van der Waals surface area (Å²) in [6.07, 6.45) is 4.02. The highest BCUT2D eigenvalue weighted by Crippen LogP contribution is 2.24. The molecule has 0 aromatic carbocycles. The van der Waals surface area contributed by atoms with E-state index in [0.717, 1.165) is 6.42 Å². The molecule has 1 aliphatic rings. The van der Waals surface area contributed by atoms with Crippen LogP contribution < -0.4 is 9.64 Å². The molecular formula is C13H21N5O2. The number of ether oxygens (including phenoxy) is 1. The summed E-state index contributed by atoms with van der Waals surface area (Å²) in [6.45, 7) is 1.29. The van der Waals surface area contributed by atoms with Crippen molar-refractivity contribution in [1.82, 2.24) is 19.8 Å². The first kappa shape index (κ1) is 14.4. The number of amides is 2. The van der Waals surface area contributed by atoms with Crippen molar-refractivity contribution in [3.05, 3.63) is 12.4 Å². The monoisotopic (exact) mass is 279 g/mol. The molecule has 2 amide bonds. The molecule has 1 atom stereocenters. The number of anilines is 1. The van der Waals surface area contributed by atoms with E-state index in [2.05, 4.69) is 9.97 Å². The molecule has 1 unspecified atom stereocenters. The second-order valence-corrected chi connectivity index (χ2v) is 5.23. The summed E-state index contributed by atoms with van der Waals surface area (Å²) in [5.74, 6) is 1.21. The van der Waals surface area contributed by atoms with Gasteiger partial charge in [0.1, 0.15) is 6.10 Å². The van der Waals surface area contributed by atoms with Gasteiger partial charge in [-0.25, -0.2) is 14.8 Å². The molecular weight excluding hydrogens is 258 g/mol. The Morgan fingerprint density at radius 1 is 1.30 bits per heavy atom. The summed E-state index contributed by atoms with van der Waals surface area (Å²) < 4.78 is 5.90. The highest BCUT2D eigenvalue weighted by Gasteiger charge is 2.29. The van der Waals surface area contributed by atoms with Crippen LogP contribution in [0.1, 0.15) is 6.42 Å². The lowest BCUT2D eigenvalue weighted by atomic mass is 10.3. The molecule has 0 saturated carbocycles. The number of hydrogen-bond donors (Lipinski definition) is 0. The van der Waals surface area contributed by atoms with Crippen molar-refractivity contribution in [2.75, 3.05) is 46.2 Å². The molecule has 0 spiro atoms. The third kappa shape index (κ3) is 3.09. The van der Waals surface area contributed by atoms with Gasteiger partial charge in [0.2, 0.25) is 0 Å². The first-order valence-corrected chi connectivity index (χ1v) is 6.60. The molecule has 1 fully saturated rings. The maximum atomic E-state index is 11.9. The molecule has 2 heterocycles. The van der Waals surface area contributed by atoms with Crippen LogP contribution in [-0.4, -0.2) is 73.2 Å². The molecule has 0 aliphatic carbocycles. The zero-order chi connectivity index (χ0) is 14.7. The predicted octanol–water partition coefficient (Wildman–Crippen LogP) is 0.677. The van der Waals surface area contributed by atoms with Gasteiger partial charge in [-0.3, -0.25) is 0 Å². The van der Waals surface area contributed by atoms with E-state index in [1.807, 2.05) is 19.0 Å². The summed E-state index contributed by atoms with van der Waals surface area (Å²) >= 11 is 0. The smallest absolute Gasteiger partial charge is 0.319 e. The van der Waals surface area contributed by atoms with E-state index in [1.165, 1.54) is 0 Å². The largest absolute Gasteiger partial charge is 0.470 e. The Bertz CT molecular complexity index is 478. The Morgan fingerprint density at radius 2 is 2.00 bits per heavy atom. The lowest BCUT2D eigenvalue weighted by molar-refractivity contribution is 0.166. The predicted molar refractivity (Wildman–Crippen MR) is 76.0 cm³/mol. The minimum absolute atomic E-state index is 0.0167. The summed E-state index contributed by atoms with van der Waals surface area (Å²) in [5.41, 5.74) is 0. The first-order valence-electron chi connectivity index (χ1n) is 6.60. The fraction of sp³-hybridized carbons (Fsp3) is 0.615. The van der Waals surface area contributed by atoms with E-state index in [-0.39, 0.29) is 12.1 Å². The minimum atomic E-state index is -0.0331. The van der Waals surface area contributed by atoms with Crippen molar-refractivity contribution in [3.8, 4) is 5.88 Å². The number of rotatable bonds is 3. The number of carbonyl (C=O) groups is 1. The standard InChI is InChI=1S/C13H21N5O2/c1-16(2)11-12(15-7-6-14-11)20-10-5-8-18(9-10)13(19)17(3)4/h6-7,10H,5,8-9H2,1-4H3. The number of urea groups is 1. The van der Waals surface area contributed by atoms with Gasteiger partial charge < -0.3 is 19.4 Å². The van der Waals surface area contributed by atoms with E-state index in [4.69, 9.17) is 4.74 Å². The van der Waals surface area contributed by atoms with Gasteiger partial charge in [0.25, 0.3) is 5.88 Å². The number of carbonyl (C=O) groups excluding carboxylic acids is 1. The first-order chi connectivity index (χ1) is 9.49. The molecule has 7 heteroatoms. The number of aromatic nitrogens is 2. The minimum Gasteiger partial charge on any atom is -0.470 e. The van der Waals surface area contributed by atoms with Crippen molar-refractivity contribution in [2.45, 2.75) is 12.5 Å². The quantitative estimate of drug-likeness (QED) is 0.814. The molecule has 0 N–H and O–H groups in total. The van der Waals surface area contributed by atoms with E-state index in [9.17, 15) is 4.79 Å². The Balaban J connectivity index is 2.01. The SMILES string of the molecule is CN(C)C(=O)N1CCC(Oc2nccnc2N(C)C)C1. The van der Waals surface area contributed by atoms with Crippen molar-refractivity contribution in [2.24, 2.45) is 0 Å². The van der Waals surface area contributed by atoms with Gasteiger partial charge in [0, 0.05) is 53.5 Å². The van der Waals surface area contributed by atoms with Gasteiger partial charge in [-0.1, -0.05) is 0 Å². The maximum Gasteiger partial charge on any atom is 0.319 e. The van der Waals surface area contributed by atoms with Crippen LogP contribution in [0.3, 0.4) is 0 Å². The van der Waals surface area contributed by atoms with Gasteiger partial charge >= 0.3 is 6.03 Å². The van der Waals surface area contributed by atoms with Crippen LogP contribution >= 0.6 is 0 Å². The average Bonchev–Trinajstić information content (AvgIpc) is 2.86. The Hall–Kier alpha value is -2.05. The average molecular weight is 279 g/mol. The van der Waals surface area contributed by atoms with Crippen LogP contribution in [0, 0.1) is 0 Å². The third-order valence-corrected chi connectivity index (χ3v) is 3.15. The number of nitrogens with zero attached hydrogens (tertiary/aromatic N) is 5. The van der Waals surface area contributed by atoms with E-state index in [0.29, 0.717) is 24.8 Å². The van der Waals surface area contributed by atoms with E-state index in [1.54, 1.807) is 36.3 Å². The Labute approximate surface area is 119 Å². The maximum absolute atomic E-state index is 11.9. The molecule has 1 aromatic rings. The third-order valence-electron chi connectivity index (χ3n) is 3.15. The second-order valence-electron chi connectivity index (χ2n) is 5.23. The normalized spacial score (nSPS) is 18.0.